The van der Waals surface area contributed by atoms with E-state index in [0.717, 1.165) is 28.2 Å². The highest BCUT2D eigenvalue weighted by atomic mass is 127. The minimum Gasteiger partial charge on any atom is -0.463 e. The van der Waals surface area contributed by atoms with E-state index in [2.05, 4.69) is 22.6 Å². The van der Waals surface area contributed by atoms with Gasteiger partial charge < -0.3 is 28.4 Å². The van der Waals surface area contributed by atoms with Gasteiger partial charge in [0.05, 0.1) is 3.57 Å². The maximum atomic E-state index is 12.0. The lowest BCUT2D eigenvalue weighted by Crippen LogP contribution is -2.63. The van der Waals surface area contributed by atoms with E-state index in [1.54, 1.807) is 6.07 Å². The smallest absolute Gasteiger partial charge is 0.303 e. The second-order valence-electron chi connectivity index (χ2n) is 7.78. The summed E-state index contributed by atoms with van der Waals surface area (Å²) in [5, 5.41) is 1.92. The van der Waals surface area contributed by atoms with Crippen LogP contribution >= 0.6 is 22.6 Å². The fourth-order valence-corrected chi connectivity index (χ4v) is 4.51. The fraction of sp³-hybridized carbons (Fsp3) is 0.417. The first-order valence-corrected chi connectivity index (χ1v) is 11.8. The Kier molecular flexibility index (Phi) is 8.89. The second-order valence-corrected chi connectivity index (χ2v) is 8.86. The van der Waals surface area contributed by atoms with Crippen molar-refractivity contribution < 1.29 is 47.6 Å². The predicted octanol–water partition coefficient (Wildman–Crippen LogP) is 2.91. The van der Waals surface area contributed by atoms with Crippen LogP contribution in [0.25, 0.3) is 10.8 Å². The quantitative estimate of drug-likeness (QED) is 0.266. The van der Waals surface area contributed by atoms with Gasteiger partial charge in [0.25, 0.3) is 0 Å². The Balaban J connectivity index is 2.03. The van der Waals surface area contributed by atoms with E-state index >= 15 is 0 Å². The third kappa shape index (κ3) is 6.82. The summed E-state index contributed by atoms with van der Waals surface area (Å²) in [5.41, 5.74) is 0. The zero-order valence-corrected chi connectivity index (χ0v) is 21.7. The largest absolute Gasteiger partial charge is 0.463 e. The van der Waals surface area contributed by atoms with Crippen molar-refractivity contribution in [2.45, 2.75) is 58.4 Å². The Labute approximate surface area is 215 Å². The molecule has 1 heterocycles. The molecule has 11 heteroatoms. The molecule has 0 N–H and O–H groups in total. The summed E-state index contributed by atoms with van der Waals surface area (Å²) in [4.78, 5) is 47.2. The minimum absolute atomic E-state index is 0.327. The molecule has 0 radical (unpaired) electrons. The van der Waals surface area contributed by atoms with Crippen LogP contribution in [0.4, 0.5) is 0 Å². The molecular formula is C24H25IO10. The average molecular weight is 600 g/mol. The first-order valence-electron chi connectivity index (χ1n) is 10.7. The molecule has 2 aromatic rings. The lowest BCUT2D eigenvalue weighted by molar-refractivity contribution is -0.288. The standard InChI is InChI=1S/C24H25IO10/c1-12(26)30-11-19-21(31-13(2)27)22(32-14(3)28)23(33-15(4)29)24(35-19)34-18-10-9-16-7-5-6-8-17(16)20(18)25/h5-10,19,21-24H,11H2,1-4H3/t19-,21-,22+,23-,24-/m1/s1. The molecule has 0 aliphatic carbocycles. The van der Waals surface area contributed by atoms with Crippen LogP contribution < -0.4 is 4.74 Å². The zero-order chi connectivity index (χ0) is 25.7. The van der Waals surface area contributed by atoms with Crippen LogP contribution in [-0.4, -0.2) is 61.2 Å². The number of ether oxygens (including phenoxy) is 6. The minimum atomic E-state index is -1.29. The molecule has 1 aliphatic rings. The Morgan fingerprint density at radius 2 is 1.40 bits per heavy atom. The predicted molar refractivity (Wildman–Crippen MR) is 129 cm³/mol. The molecule has 1 fully saturated rings. The highest BCUT2D eigenvalue weighted by molar-refractivity contribution is 14.1. The number of benzene rings is 2. The van der Waals surface area contributed by atoms with Gasteiger partial charge in [0, 0.05) is 27.7 Å². The third-order valence-corrected chi connectivity index (χ3v) is 6.13. The summed E-state index contributed by atoms with van der Waals surface area (Å²) in [7, 11) is 0. The molecule has 0 aromatic heterocycles. The summed E-state index contributed by atoms with van der Waals surface area (Å²) >= 11 is 2.13. The van der Waals surface area contributed by atoms with Crippen LogP contribution in [0.15, 0.2) is 36.4 Å². The number of halogens is 1. The Morgan fingerprint density at radius 3 is 2.03 bits per heavy atom. The molecule has 1 saturated heterocycles. The molecule has 0 bridgehead atoms. The summed E-state index contributed by atoms with van der Waals surface area (Å²) in [5.74, 6) is -2.28. The van der Waals surface area contributed by atoms with Gasteiger partial charge in [-0.3, -0.25) is 19.2 Å². The number of fused-ring (bicyclic) bond motifs is 1. The molecule has 35 heavy (non-hydrogen) atoms. The van der Waals surface area contributed by atoms with E-state index in [1.807, 2.05) is 30.3 Å². The zero-order valence-electron chi connectivity index (χ0n) is 19.5. The van der Waals surface area contributed by atoms with Crippen molar-refractivity contribution in [3.05, 3.63) is 40.0 Å². The van der Waals surface area contributed by atoms with Crippen molar-refractivity contribution in [3.8, 4) is 5.75 Å². The van der Waals surface area contributed by atoms with Crippen molar-refractivity contribution in [1.82, 2.24) is 0 Å². The van der Waals surface area contributed by atoms with E-state index in [0.29, 0.717) is 5.75 Å². The highest BCUT2D eigenvalue weighted by Crippen LogP contribution is 2.34. The van der Waals surface area contributed by atoms with Gasteiger partial charge in [-0.25, -0.2) is 0 Å². The van der Waals surface area contributed by atoms with E-state index in [1.165, 1.54) is 13.8 Å². The third-order valence-electron chi connectivity index (χ3n) is 5.02. The SMILES string of the molecule is CC(=O)OC[C@H]1O[C@@H](Oc2ccc3ccccc3c2I)[C@H](OC(C)=O)[C@@H](OC(C)=O)[C@@H]1OC(C)=O. The van der Waals surface area contributed by atoms with Gasteiger partial charge >= 0.3 is 23.9 Å². The maximum Gasteiger partial charge on any atom is 0.303 e. The van der Waals surface area contributed by atoms with E-state index in [4.69, 9.17) is 28.4 Å². The maximum absolute atomic E-state index is 12.0. The van der Waals surface area contributed by atoms with Crippen LogP contribution in [-0.2, 0) is 42.9 Å². The lowest BCUT2D eigenvalue weighted by Gasteiger charge is -2.44. The molecule has 3 rings (SSSR count). The molecular weight excluding hydrogens is 575 g/mol. The Hall–Kier alpha value is -2.93. The van der Waals surface area contributed by atoms with Gasteiger partial charge in [0.2, 0.25) is 12.4 Å². The van der Waals surface area contributed by atoms with Gasteiger partial charge in [0.1, 0.15) is 18.5 Å². The summed E-state index contributed by atoms with van der Waals surface area (Å²) in [6.45, 7) is 4.38. The van der Waals surface area contributed by atoms with Crippen molar-refractivity contribution in [2.75, 3.05) is 6.61 Å². The molecule has 0 spiro atoms. The van der Waals surface area contributed by atoms with E-state index < -0.39 is 54.6 Å². The molecule has 1 aliphatic heterocycles. The van der Waals surface area contributed by atoms with Gasteiger partial charge in [-0.2, -0.15) is 0 Å². The number of carbonyl (C=O) groups excluding carboxylic acids is 4. The number of hydrogen-bond acceptors (Lipinski definition) is 10. The Bertz CT molecular complexity index is 1120. The van der Waals surface area contributed by atoms with Crippen molar-refractivity contribution in [2.24, 2.45) is 0 Å². The molecule has 188 valence electrons. The van der Waals surface area contributed by atoms with Crippen LogP contribution in [0.3, 0.4) is 0 Å². The van der Waals surface area contributed by atoms with Crippen LogP contribution in [0, 0.1) is 3.57 Å². The molecule has 5 atom stereocenters. The number of esters is 4. The van der Waals surface area contributed by atoms with Gasteiger partial charge in [0.15, 0.2) is 12.2 Å². The average Bonchev–Trinajstić information content (AvgIpc) is 2.77. The molecule has 0 saturated carbocycles. The van der Waals surface area contributed by atoms with Gasteiger partial charge in [-0.05, 0) is 39.4 Å². The molecule has 0 unspecified atom stereocenters. The molecule has 10 nitrogen and oxygen atoms in total. The summed E-state index contributed by atoms with van der Waals surface area (Å²) < 4.78 is 34.2. The van der Waals surface area contributed by atoms with Crippen molar-refractivity contribution in [3.63, 3.8) is 0 Å². The number of rotatable bonds is 7. The second kappa shape index (κ2) is 11.7. The number of carbonyl (C=O) groups is 4. The van der Waals surface area contributed by atoms with Gasteiger partial charge in [-0.15, -0.1) is 0 Å². The van der Waals surface area contributed by atoms with E-state index in [-0.39, 0.29) is 6.61 Å². The first kappa shape index (κ1) is 26.7. The van der Waals surface area contributed by atoms with Crippen molar-refractivity contribution >= 4 is 57.2 Å². The summed E-state index contributed by atoms with van der Waals surface area (Å²) in [6.07, 6.45) is -6.20. The monoisotopic (exact) mass is 600 g/mol. The van der Waals surface area contributed by atoms with Crippen LogP contribution in [0.1, 0.15) is 27.7 Å². The fourth-order valence-electron chi connectivity index (χ4n) is 3.71. The summed E-state index contributed by atoms with van der Waals surface area (Å²) in [6, 6.07) is 11.3. The lowest BCUT2D eigenvalue weighted by atomic mass is 9.98. The molecule has 2 aromatic carbocycles. The molecule has 0 amide bonds. The first-order chi connectivity index (χ1) is 16.6. The van der Waals surface area contributed by atoms with Gasteiger partial charge in [-0.1, -0.05) is 30.3 Å². The highest BCUT2D eigenvalue weighted by Gasteiger charge is 2.53. The number of hydrogen-bond donors (Lipinski definition) is 0. The van der Waals surface area contributed by atoms with Crippen LogP contribution in [0.2, 0.25) is 0 Å². The Morgan fingerprint density at radius 1 is 0.800 bits per heavy atom. The normalized spacial score (nSPS) is 23.7. The van der Waals surface area contributed by atoms with E-state index in [9.17, 15) is 19.2 Å². The topological polar surface area (TPSA) is 124 Å². The van der Waals surface area contributed by atoms with Crippen molar-refractivity contribution in [1.29, 1.82) is 0 Å². The van der Waals surface area contributed by atoms with Crippen LogP contribution in [0.5, 0.6) is 5.75 Å².